The first-order chi connectivity index (χ1) is 17.5. The predicted molar refractivity (Wildman–Crippen MR) is 141 cm³/mol. The smallest absolute Gasteiger partial charge is 0.258 e. The SMILES string of the molecule is CCN1C(=O)c2cccc3c(NC(=O)C4CCN(S(=O)(=O)c5ccccc5S(C)(=O)=O)CC4)ccc1c23. The number of piperidine rings is 1. The lowest BCUT2D eigenvalue weighted by Crippen LogP contribution is -2.41. The van der Waals surface area contributed by atoms with Crippen LogP contribution in [-0.2, 0) is 24.7 Å². The van der Waals surface area contributed by atoms with Crippen molar-refractivity contribution in [2.75, 3.05) is 36.1 Å². The normalized spacial score (nSPS) is 16.9. The van der Waals surface area contributed by atoms with Gasteiger partial charge in [0.2, 0.25) is 15.9 Å². The lowest BCUT2D eigenvalue weighted by atomic mass is 9.96. The van der Waals surface area contributed by atoms with Crippen LogP contribution in [0.2, 0.25) is 0 Å². The summed E-state index contributed by atoms with van der Waals surface area (Å²) in [5.74, 6) is -0.683. The average molecular weight is 542 g/mol. The zero-order valence-corrected chi connectivity index (χ0v) is 22.1. The van der Waals surface area contributed by atoms with E-state index in [0.717, 1.165) is 22.7 Å². The molecule has 1 N–H and O–H groups in total. The molecule has 0 aliphatic carbocycles. The number of hydrogen-bond donors (Lipinski definition) is 1. The highest BCUT2D eigenvalue weighted by Gasteiger charge is 2.35. The molecule has 0 spiro atoms. The Bertz CT molecular complexity index is 1640. The highest BCUT2D eigenvalue weighted by Crippen LogP contribution is 2.40. The number of nitrogens with zero attached hydrogens (tertiary/aromatic N) is 2. The molecule has 2 aliphatic heterocycles. The van der Waals surface area contributed by atoms with E-state index in [0.29, 0.717) is 30.6 Å². The van der Waals surface area contributed by atoms with Gasteiger partial charge in [0.1, 0.15) is 4.90 Å². The quantitative estimate of drug-likeness (QED) is 0.511. The van der Waals surface area contributed by atoms with Crippen LogP contribution in [-0.4, -0.2) is 58.8 Å². The fraction of sp³-hybridized carbons (Fsp3) is 0.308. The van der Waals surface area contributed by atoms with E-state index in [9.17, 15) is 26.4 Å². The number of sulfonamides is 1. The lowest BCUT2D eigenvalue weighted by Gasteiger charge is -2.31. The first kappa shape index (κ1) is 25.4. The number of nitrogens with one attached hydrogen (secondary N) is 1. The van der Waals surface area contributed by atoms with Gasteiger partial charge in [0.15, 0.2) is 9.84 Å². The molecule has 3 aromatic carbocycles. The molecular formula is C26H27N3O6S2. The van der Waals surface area contributed by atoms with Crippen molar-refractivity contribution in [2.45, 2.75) is 29.6 Å². The Balaban J connectivity index is 1.33. The number of sulfone groups is 1. The van der Waals surface area contributed by atoms with Gasteiger partial charge in [-0.2, -0.15) is 4.31 Å². The minimum atomic E-state index is -4.04. The molecule has 0 unspecified atom stereocenters. The topological polar surface area (TPSA) is 121 Å². The van der Waals surface area contributed by atoms with Crippen LogP contribution in [0.1, 0.15) is 30.1 Å². The second-order valence-electron chi connectivity index (χ2n) is 9.30. The summed E-state index contributed by atoms with van der Waals surface area (Å²) in [6.45, 7) is 2.66. The molecule has 0 radical (unpaired) electrons. The van der Waals surface area contributed by atoms with Gasteiger partial charge in [-0.1, -0.05) is 24.3 Å². The van der Waals surface area contributed by atoms with Crippen LogP contribution in [0.15, 0.2) is 64.4 Å². The summed E-state index contributed by atoms with van der Waals surface area (Å²) < 4.78 is 52.0. The molecule has 0 atom stereocenters. The van der Waals surface area contributed by atoms with E-state index in [4.69, 9.17) is 0 Å². The van der Waals surface area contributed by atoms with Crippen LogP contribution in [0.5, 0.6) is 0 Å². The zero-order valence-electron chi connectivity index (χ0n) is 20.5. The Morgan fingerprint density at radius 3 is 2.27 bits per heavy atom. The first-order valence-electron chi connectivity index (χ1n) is 12.0. The van der Waals surface area contributed by atoms with Crippen LogP contribution in [0.4, 0.5) is 11.4 Å². The van der Waals surface area contributed by atoms with E-state index in [1.54, 1.807) is 23.1 Å². The average Bonchev–Trinajstić information content (AvgIpc) is 3.17. The Kier molecular flexibility index (Phi) is 6.33. The number of hydrogen-bond acceptors (Lipinski definition) is 6. The maximum atomic E-state index is 13.2. The molecule has 5 rings (SSSR count). The summed E-state index contributed by atoms with van der Waals surface area (Å²) in [4.78, 5) is 27.1. The molecule has 2 amide bonds. The van der Waals surface area contributed by atoms with E-state index < -0.39 is 25.8 Å². The molecular weight excluding hydrogens is 514 g/mol. The molecule has 37 heavy (non-hydrogen) atoms. The molecule has 11 heteroatoms. The Morgan fingerprint density at radius 1 is 0.946 bits per heavy atom. The van der Waals surface area contributed by atoms with Gasteiger partial charge in [0, 0.05) is 53.8 Å². The van der Waals surface area contributed by atoms with Crippen molar-refractivity contribution in [3.8, 4) is 0 Å². The minimum Gasteiger partial charge on any atom is -0.325 e. The van der Waals surface area contributed by atoms with Gasteiger partial charge in [-0.15, -0.1) is 0 Å². The monoisotopic (exact) mass is 541 g/mol. The summed E-state index contributed by atoms with van der Waals surface area (Å²) in [5.41, 5.74) is 2.04. The summed E-state index contributed by atoms with van der Waals surface area (Å²) >= 11 is 0. The van der Waals surface area contributed by atoms with Crippen LogP contribution < -0.4 is 10.2 Å². The molecule has 194 valence electrons. The van der Waals surface area contributed by atoms with Crippen molar-refractivity contribution in [1.82, 2.24) is 4.31 Å². The third-order valence-corrected chi connectivity index (χ3v) is 10.3. The van der Waals surface area contributed by atoms with Gasteiger partial charge >= 0.3 is 0 Å². The standard InChI is InChI=1S/C26H27N3O6S2/c1-3-29-21-12-11-20(18-7-6-8-19(24(18)21)26(29)31)27-25(30)17-13-15-28(16-14-17)37(34,35)23-10-5-4-9-22(23)36(2,32)33/h4-12,17H,3,13-16H2,1-2H3,(H,27,30). The summed E-state index contributed by atoms with van der Waals surface area (Å²) in [7, 11) is -7.78. The third-order valence-electron chi connectivity index (χ3n) is 7.05. The molecule has 2 aliphatic rings. The van der Waals surface area contributed by atoms with Gasteiger partial charge in [-0.3, -0.25) is 9.59 Å². The van der Waals surface area contributed by atoms with Crippen molar-refractivity contribution < 1.29 is 26.4 Å². The predicted octanol–water partition coefficient (Wildman–Crippen LogP) is 3.26. The number of benzene rings is 3. The summed E-state index contributed by atoms with van der Waals surface area (Å²) in [5, 5.41) is 4.58. The van der Waals surface area contributed by atoms with Gasteiger partial charge in [0.25, 0.3) is 5.91 Å². The highest BCUT2D eigenvalue weighted by atomic mass is 32.2. The van der Waals surface area contributed by atoms with E-state index in [-0.39, 0.29) is 34.7 Å². The molecule has 1 fully saturated rings. The van der Waals surface area contributed by atoms with Gasteiger partial charge < -0.3 is 10.2 Å². The number of amides is 2. The fourth-order valence-corrected chi connectivity index (χ4v) is 8.24. The van der Waals surface area contributed by atoms with E-state index in [1.807, 2.05) is 19.1 Å². The summed E-state index contributed by atoms with van der Waals surface area (Å²) in [6, 6.07) is 14.7. The molecule has 0 saturated carbocycles. The van der Waals surface area contributed by atoms with Gasteiger partial charge in [0.05, 0.1) is 10.6 Å². The molecule has 9 nitrogen and oxygen atoms in total. The fourth-order valence-electron chi connectivity index (χ4n) is 5.17. The molecule has 2 heterocycles. The van der Waals surface area contributed by atoms with Crippen LogP contribution in [0.3, 0.4) is 0 Å². The maximum absolute atomic E-state index is 13.2. The molecule has 3 aromatic rings. The maximum Gasteiger partial charge on any atom is 0.258 e. The molecule has 0 aromatic heterocycles. The molecule has 1 saturated heterocycles. The van der Waals surface area contributed by atoms with Crippen molar-refractivity contribution in [2.24, 2.45) is 5.92 Å². The van der Waals surface area contributed by atoms with Crippen LogP contribution in [0.25, 0.3) is 10.8 Å². The van der Waals surface area contributed by atoms with E-state index in [2.05, 4.69) is 5.32 Å². The lowest BCUT2D eigenvalue weighted by molar-refractivity contribution is -0.120. The second-order valence-corrected chi connectivity index (χ2v) is 13.2. The Hall–Kier alpha value is -3.28. The van der Waals surface area contributed by atoms with Crippen molar-refractivity contribution >= 4 is 53.8 Å². The number of carbonyl (C=O) groups excluding carboxylic acids is 2. The number of rotatable bonds is 6. The summed E-state index contributed by atoms with van der Waals surface area (Å²) in [6.07, 6.45) is 1.58. The van der Waals surface area contributed by atoms with Gasteiger partial charge in [-0.05, 0) is 50.1 Å². The molecule has 0 bridgehead atoms. The Labute approximate surface area is 216 Å². The number of anilines is 2. The zero-order chi connectivity index (χ0) is 26.5. The largest absolute Gasteiger partial charge is 0.325 e. The van der Waals surface area contributed by atoms with Crippen molar-refractivity contribution in [3.63, 3.8) is 0 Å². The highest BCUT2D eigenvalue weighted by molar-refractivity contribution is 7.93. The van der Waals surface area contributed by atoms with Crippen molar-refractivity contribution in [1.29, 1.82) is 0 Å². The third kappa shape index (κ3) is 4.30. The Morgan fingerprint density at radius 2 is 1.62 bits per heavy atom. The minimum absolute atomic E-state index is 0.0578. The van der Waals surface area contributed by atoms with Crippen LogP contribution >= 0.6 is 0 Å². The van der Waals surface area contributed by atoms with Gasteiger partial charge in [-0.25, -0.2) is 16.8 Å². The first-order valence-corrected chi connectivity index (χ1v) is 15.3. The van der Waals surface area contributed by atoms with Crippen LogP contribution in [0, 0.1) is 5.92 Å². The van der Waals surface area contributed by atoms with Crippen molar-refractivity contribution in [3.05, 3.63) is 60.2 Å². The number of carbonyl (C=O) groups is 2. The van der Waals surface area contributed by atoms with E-state index >= 15 is 0 Å². The second kappa shape index (κ2) is 9.23. The van der Waals surface area contributed by atoms with E-state index in [1.165, 1.54) is 28.6 Å².